The number of hydrogen-bond donors (Lipinski definition) is 1. The van der Waals surface area contributed by atoms with Crippen LogP contribution in [0.25, 0.3) is 0 Å². The van der Waals surface area contributed by atoms with E-state index in [0.29, 0.717) is 12.1 Å². The number of amides is 1. The van der Waals surface area contributed by atoms with Crippen LogP contribution in [0.4, 0.5) is 0 Å². The summed E-state index contributed by atoms with van der Waals surface area (Å²) >= 11 is 2.25. The molecule has 4 rings (SSSR count). The maximum atomic E-state index is 12.7. The molecular weight excluding hydrogens is 475 g/mol. The third kappa shape index (κ3) is 4.31. The van der Waals surface area contributed by atoms with Crippen molar-refractivity contribution < 1.29 is 9.53 Å². The fourth-order valence-corrected chi connectivity index (χ4v) is 5.53. The van der Waals surface area contributed by atoms with Crippen molar-refractivity contribution in [2.75, 3.05) is 7.11 Å². The number of nitrogens with one attached hydrogen (secondary N) is 1. The van der Waals surface area contributed by atoms with Crippen LogP contribution < -0.4 is 10.1 Å². The minimum Gasteiger partial charge on any atom is -0.496 e. The highest BCUT2D eigenvalue weighted by atomic mass is 127. The molecule has 154 valence electrons. The van der Waals surface area contributed by atoms with Crippen LogP contribution in [0.15, 0.2) is 36.4 Å². The molecule has 0 radical (unpaired) electrons. The lowest BCUT2D eigenvalue weighted by Gasteiger charge is -2.39. The Labute approximate surface area is 187 Å². The smallest absolute Gasteiger partial charge is 0.251 e. The molecule has 0 saturated carbocycles. The number of piperidine rings is 1. The Kier molecular flexibility index (Phi) is 6.16. The van der Waals surface area contributed by atoms with E-state index in [2.05, 4.69) is 58.8 Å². The maximum Gasteiger partial charge on any atom is 0.251 e. The average Bonchev–Trinajstić information content (AvgIpc) is 2.93. The third-order valence-electron chi connectivity index (χ3n) is 6.73. The number of carbonyl (C=O) groups is 1. The van der Waals surface area contributed by atoms with Gasteiger partial charge in [-0.2, -0.15) is 0 Å². The molecule has 2 fully saturated rings. The Bertz CT molecular complexity index is 900. The highest BCUT2D eigenvalue weighted by Crippen LogP contribution is 2.38. The summed E-state index contributed by atoms with van der Waals surface area (Å²) in [4.78, 5) is 15.3. The van der Waals surface area contributed by atoms with Crippen LogP contribution in [0.1, 0.15) is 52.7 Å². The number of rotatable bonds is 5. The normalized spacial score (nSPS) is 23.8. The highest BCUT2D eigenvalue weighted by molar-refractivity contribution is 14.1. The van der Waals surface area contributed by atoms with Gasteiger partial charge in [0, 0.05) is 33.8 Å². The molecule has 1 amide bonds. The van der Waals surface area contributed by atoms with E-state index in [0.717, 1.165) is 34.3 Å². The molecule has 2 aromatic rings. The van der Waals surface area contributed by atoms with Crippen LogP contribution in [0.5, 0.6) is 5.75 Å². The Balaban J connectivity index is 1.42. The number of benzene rings is 2. The number of ether oxygens (including phenoxy) is 1. The minimum absolute atomic E-state index is 0.0583. The second-order valence-electron chi connectivity index (χ2n) is 8.39. The van der Waals surface area contributed by atoms with Crippen LogP contribution in [0.2, 0.25) is 0 Å². The zero-order chi connectivity index (χ0) is 20.5. The summed E-state index contributed by atoms with van der Waals surface area (Å²) in [5.41, 5.74) is 4.72. The summed E-state index contributed by atoms with van der Waals surface area (Å²) in [7, 11) is 1.73. The maximum absolute atomic E-state index is 12.7. The van der Waals surface area contributed by atoms with Crippen molar-refractivity contribution in [2.45, 2.75) is 64.2 Å². The summed E-state index contributed by atoms with van der Waals surface area (Å²) in [6.45, 7) is 5.33. The third-order valence-corrected chi connectivity index (χ3v) is 7.40. The van der Waals surface area contributed by atoms with Crippen molar-refractivity contribution in [1.82, 2.24) is 10.2 Å². The second-order valence-corrected chi connectivity index (χ2v) is 9.63. The molecule has 2 aromatic carbocycles. The Morgan fingerprint density at radius 2 is 1.86 bits per heavy atom. The van der Waals surface area contributed by atoms with Crippen LogP contribution in [-0.4, -0.2) is 36.0 Å². The quantitative estimate of drug-likeness (QED) is 0.593. The molecule has 29 heavy (non-hydrogen) atoms. The molecule has 3 atom stereocenters. The minimum atomic E-state index is 0.0583. The lowest BCUT2D eigenvalue weighted by molar-refractivity contribution is 0.0827. The Morgan fingerprint density at radius 3 is 2.52 bits per heavy atom. The van der Waals surface area contributed by atoms with Crippen LogP contribution >= 0.6 is 22.6 Å². The molecular formula is C24H29IN2O2. The van der Waals surface area contributed by atoms with Crippen molar-refractivity contribution in [3.8, 4) is 5.75 Å². The van der Waals surface area contributed by atoms with E-state index in [1.165, 1.54) is 29.5 Å². The molecule has 2 aliphatic rings. The molecule has 1 N–H and O–H groups in total. The van der Waals surface area contributed by atoms with Crippen molar-refractivity contribution in [2.24, 2.45) is 0 Å². The van der Waals surface area contributed by atoms with E-state index in [1.807, 2.05) is 24.3 Å². The van der Waals surface area contributed by atoms with Gasteiger partial charge in [-0.25, -0.2) is 0 Å². The molecule has 2 saturated heterocycles. The van der Waals surface area contributed by atoms with Gasteiger partial charge in [0.05, 0.1) is 7.11 Å². The van der Waals surface area contributed by atoms with E-state index >= 15 is 0 Å². The first-order valence-electron chi connectivity index (χ1n) is 10.4. The zero-order valence-electron chi connectivity index (χ0n) is 17.4. The lowest BCUT2D eigenvalue weighted by atomic mass is 9.95. The molecule has 0 aromatic heterocycles. The molecule has 0 spiro atoms. The Morgan fingerprint density at radius 1 is 1.14 bits per heavy atom. The lowest BCUT2D eigenvalue weighted by Crippen LogP contribution is -2.50. The molecule has 0 aliphatic carbocycles. The van der Waals surface area contributed by atoms with Crippen LogP contribution in [0, 0.1) is 17.4 Å². The number of hydrogen-bond acceptors (Lipinski definition) is 3. The van der Waals surface area contributed by atoms with Crippen molar-refractivity contribution in [1.29, 1.82) is 0 Å². The van der Waals surface area contributed by atoms with Gasteiger partial charge in [-0.05, 0) is 103 Å². The number of halogens is 1. The van der Waals surface area contributed by atoms with Crippen LogP contribution in [0.3, 0.4) is 0 Å². The molecule has 2 aliphatic heterocycles. The van der Waals surface area contributed by atoms with Crippen LogP contribution in [-0.2, 0) is 6.54 Å². The summed E-state index contributed by atoms with van der Waals surface area (Å²) in [6.07, 6.45) is 4.55. The fourth-order valence-electron chi connectivity index (χ4n) is 4.99. The van der Waals surface area contributed by atoms with E-state index < -0.39 is 0 Å². The SMILES string of the molecule is COc1ccc(CN2C3CC[C@H]2CC(NC(=O)c2cccc(I)c2)C3)c(C)c1C. The first-order valence-corrected chi connectivity index (χ1v) is 11.5. The van der Waals surface area contributed by atoms with Gasteiger partial charge in [-0.3, -0.25) is 9.69 Å². The van der Waals surface area contributed by atoms with E-state index in [9.17, 15) is 4.79 Å². The second kappa shape index (κ2) is 8.64. The number of nitrogens with zero attached hydrogens (tertiary/aromatic N) is 1. The average molecular weight is 504 g/mol. The molecule has 2 unspecified atom stereocenters. The van der Waals surface area contributed by atoms with Gasteiger partial charge in [-0.1, -0.05) is 12.1 Å². The van der Waals surface area contributed by atoms with Crippen molar-refractivity contribution in [3.63, 3.8) is 0 Å². The molecule has 2 bridgehead atoms. The Hall–Kier alpha value is -1.60. The number of fused-ring (bicyclic) bond motifs is 2. The fraction of sp³-hybridized carbons (Fsp3) is 0.458. The predicted molar refractivity (Wildman–Crippen MR) is 124 cm³/mol. The van der Waals surface area contributed by atoms with Gasteiger partial charge in [0.25, 0.3) is 5.91 Å². The summed E-state index contributed by atoms with van der Waals surface area (Å²) in [5, 5.41) is 3.30. The van der Waals surface area contributed by atoms with E-state index in [4.69, 9.17) is 4.74 Å². The summed E-state index contributed by atoms with van der Waals surface area (Å²) in [5.74, 6) is 1.02. The van der Waals surface area contributed by atoms with Crippen molar-refractivity contribution >= 4 is 28.5 Å². The van der Waals surface area contributed by atoms with Gasteiger partial charge in [-0.15, -0.1) is 0 Å². The molecule has 4 nitrogen and oxygen atoms in total. The van der Waals surface area contributed by atoms with Crippen molar-refractivity contribution in [3.05, 3.63) is 62.2 Å². The zero-order valence-corrected chi connectivity index (χ0v) is 19.5. The predicted octanol–water partition coefficient (Wildman–Crippen LogP) is 4.84. The first kappa shape index (κ1) is 20.7. The van der Waals surface area contributed by atoms with Gasteiger partial charge in [0.1, 0.15) is 5.75 Å². The highest BCUT2D eigenvalue weighted by Gasteiger charge is 2.41. The van der Waals surface area contributed by atoms with Gasteiger partial charge in [0.15, 0.2) is 0 Å². The number of carbonyl (C=O) groups excluding carboxylic acids is 1. The monoisotopic (exact) mass is 504 g/mol. The standard InChI is InChI=1S/C24H29IN2O2/c1-15-16(2)23(29-3)10-7-18(15)14-27-21-8-9-22(27)13-20(12-21)26-24(28)17-5-4-6-19(25)11-17/h4-7,10-11,20-22H,8-9,12-14H2,1-3H3,(H,26,28)/t20?,21-,22?/m0/s1. The number of methoxy groups -OCH3 is 1. The van der Waals surface area contributed by atoms with Gasteiger partial charge < -0.3 is 10.1 Å². The van der Waals surface area contributed by atoms with E-state index in [1.54, 1.807) is 7.11 Å². The molecule has 5 heteroatoms. The largest absolute Gasteiger partial charge is 0.496 e. The molecule has 2 heterocycles. The van der Waals surface area contributed by atoms with Gasteiger partial charge >= 0.3 is 0 Å². The van der Waals surface area contributed by atoms with Gasteiger partial charge in [0.2, 0.25) is 0 Å². The van der Waals surface area contributed by atoms with E-state index in [-0.39, 0.29) is 11.9 Å². The topological polar surface area (TPSA) is 41.6 Å². The summed E-state index contributed by atoms with van der Waals surface area (Å²) < 4.78 is 6.56. The first-order chi connectivity index (χ1) is 14.0. The summed E-state index contributed by atoms with van der Waals surface area (Å²) in [6, 6.07) is 13.5.